The lowest BCUT2D eigenvalue weighted by molar-refractivity contribution is -0.122. The van der Waals surface area contributed by atoms with Crippen molar-refractivity contribution in [1.29, 1.82) is 0 Å². The molecule has 1 heterocycles. The fraction of sp³-hybridized carbons (Fsp3) is 0.364. The lowest BCUT2D eigenvalue weighted by Crippen LogP contribution is -2.43. The molecule has 0 saturated heterocycles. The van der Waals surface area contributed by atoms with Gasteiger partial charge in [0, 0.05) is 6.54 Å². The molecule has 1 aliphatic heterocycles. The van der Waals surface area contributed by atoms with Crippen LogP contribution in [0.3, 0.4) is 0 Å². The van der Waals surface area contributed by atoms with E-state index in [4.69, 9.17) is 14.6 Å². The van der Waals surface area contributed by atoms with Crippen LogP contribution in [0.5, 0.6) is 0 Å². The van der Waals surface area contributed by atoms with E-state index in [2.05, 4.69) is 18.2 Å². The Hall–Kier alpha value is -2.89. The summed E-state index contributed by atoms with van der Waals surface area (Å²) >= 11 is 0. The molecule has 0 radical (unpaired) electrons. The molecule has 1 atom stereocenters. The number of hydrogen-bond donors (Lipinski definition) is 1. The van der Waals surface area contributed by atoms with Crippen molar-refractivity contribution in [2.75, 3.05) is 6.54 Å². The number of hydrogen-bond acceptors (Lipinski definition) is 3. The van der Waals surface area contributed by atoms with E-state index in [0.717, 1.165) is 23.1 Å². The Balaban J connectivity index is 0.000000878. The van der Waals surface area contributed by atoms with Gasteiger partial charge in [-0.05, 0) is 62.9 Å². The second-order valence-electron chi connectivity index (χ2n) is 7.69. The zero-order valence-electron chi connectivity index (χ0n) is 16.6. The molecule has 150 valence electrons. The zero-order valence-corrected chi connectivity index (χ0v) is 16.6. The molecule has 1 amide bonds. The number of carbonyl (C=O) groups excluding carboxylic acids is 1. The Morgan fingerprint density at radius 2 is 1.82 bits per heavy atom. The van der Waals surface area contributed by atoms with Crippen molar-refractivity contribution in [1.82, 2.24) is 4.90 Å². The highest BCUT2D eigenvalue weighted by Crippen LogP contribution is 2.36. The molecule has 1 N–H and O–H groups in total. The lowest BCUT2D eigenvalue weighted by Gasteiger charge is -2.38. The topological polar surface area (TPSA) is 66.8 Å². The second-order valence-corrected chi connectivity index (χ2v) is 7.69. The largest absolute Gasteiger partial charge is 0.483 e. The molecule has 0 saturated carbocycles. The summed E-state index contributed by atoms with van der Waals surface area (Å²) in [7, 11) is 0. The summed E-state index contributed by atoms with van der Waals surface area (Å²) in [6.45, 7) is 7.95. The van der Waals surface area contributed by atoms with Gasteiger partial charge in [0.25, 0.3) is 6.47 Å². The Morgan fingerprint density at radius 3 is 2.39 bits per heavy atom. The molecular formula is C22H26FNO4. The van der Waals surface area contributed by atoms with Gasteiger partial charge in [0.2, 0.25) is 0 Å². The summed E-state index contributed by atoms with van der Waals surface area (Å²) in [4.78, 5) is 22.9. The SMILES string of the molecule is Cc1ccc2c(c1)[C@H](c1ccc(F)cc1)N(C(=O)OC(C)(C)C)CC2.O=CO. The number of carboxylic acid groups (broad SMARTS) is 1. The molecule has 28 heavy (non-hydrogen) atoms. The van der Waals surface area contributed by atoms with Crippen LogP contribution in [-0.2, 0) is 16.0 Å². The molecule has 5 nitrogen and oxygen atoms in total. The quantitative estimate of drug-likeness (QED) is 0.719. The van der Waals surface area contributed by atoms with E-state index in [9.17, 15) is 9.18 Å². The number of fused-ring (bicyclic) bond motifs is 1. The molecule has 0 spiro atoms. The third kappa shape index (κ3) is 5.31. The summed E-state index contributed by atoms with van der Waals surface area (Å²) < 4.78 is 19.0. The van der Waals surface area contributed by atoms with Crippen molar-refractivity contribution >= 4 is 12.6 Å². The molecule has 2 aromatic carbocycles. The van der Waals surface area contributed by atoms with Crippen LogP contribution in [-0.4, -0.2) is 34.7 Å². The predicted octanol–water partition coefficient (Wildman–Crippen LogP) is 4.72. The van der Waals surface area contributed by atoms with Gasteiger partial charge in [-0.1, -0.05) is 35.9 Å². The highest BCUT2D eigenvalue weighted by molar-refractivity contribution is 5.70. The maximum absolute atomic E-state index is 13.4. The van der Waals surface area contributed by atoms with Crippen LogP contribution in [0.15, 0.2) is 42.5 Å². The molecule has 0 bridgehead atoms. The molecular weight excluding hydrogens is 361 g/mol. The third-order valence-corrected chi connectivity index (χ3v) is 4.34. The molecule has 3 rings (SSSR count). The van der Waals surface area contributed by atoms with Gasteiger partial charge in [0.1, 0.15) is 11.4 Å². The number of nitrogens with zero attached hydrogens (tertiary/aromatic N) is 1. The number of carbonyl (C=O) groups is 2. The summed E-state index contributed by atoms with van der Waals surface area (Å²) in [5, 5.41) is 6.89. The van der Waals surface area contributed by atoms with Crippen molar-refractivity contribution in [3.63, 3.8) is 0 Å². The van der Waals surface area contributed by atoms with Gasteiger partial charge in [-0.25, -0.2) is 9.18 Å². The Morgan fingerprint density at radius 1 is 1.21 bits per heavy atom. The molecule has 6 heteroatoms. The Labute approximate surface area is 164 Å². The maximum atomic E-state index is 13.4. The number of benzene rings is 2. The average Bonchev–Trinajstić information content (AvgIpc) is 2.60. The fourth-order valence-electron chi connectivity index (χ4n) is 3.26. The summed E-state index contributed by atoms with van der Waals surface area (Å²) in [5.41, 5.74) is 3.77. The molecule has 2 aromatic rings. The first-order valence-corrected chi connectivity index (χ1v) is 9.08. The summed E-state index contributed by atoms with van der Waals surface area (Å²) in [6.07, 6.45) is 0.445. The van der Waals surface area contributed by atoms with Crippen LogP contribution >= 0.6 is 0 Å². The van der Waals surface area contributed by atoms with Crippen LogP contribution in [0.1, 0.15) is 49.1 Å². The van der Waals surface area contributed by atoms with Crippen LogP contribution in [0.25, 0.3) is 0 Å². The van der Waals surface area contributed by atoms with E-state index in [1.807, 2.05) is 27.7 Å². The maximum Gasteiger partial charge on any atom is 0.411 e. The van der Waals surface area contributed by atoms with Gasteiger partial charge in [-0.15, -0.1) is 0 Å². The highest BCUT2D eigenvalue weighted by atomic mass is 19.1. The molecule has 0 aliphatic carbocycles. The average molecular weight is 387 g/mol. The third-order valence-electron chi connectivity index (χ3n) is 4.34. The lowest BCUT2D eigenvalue weighted by atomic mass is 9.87. The van der Waals surface area contributed by atoms with Gasteiger partial charge in [-0.2, -0.15) is 0 Å². The minimum atomic E-state index is -0.558. The monoisotopic (exact) mass is 387 g/mol. The van der Waals surface area contributed by atoms with Gasteiger partial charge in [-0.3, -0.25) is 9.69 Å². The van der Waals surface area contributed by atoms with Crippen molar-refractivity contribution in [3.05, 3.63) is 70.5 Å². The molecule has 0 aromatic heterocycles. The van der Waals surface area contributed by atoms with E-state index in [1.165, 1.54) is 17.7 Å². The summed E-state index contributed by atoms with van der Waals surface area (Å²) in [6, 6.07) is 12.4. The van der Waals surface area contributed by atoms with Gasteiger partial charge in [0.15, 0.2) is 0 Å². The Kier molecular flexibility index (Phi) is 6.78. The van der Waals surface area contributed by atoms with Gasteiger partial charge >= 0.3 is 6.09 Å². The summed E-state index contributed by atoms with van der Waals surface area (Å²) in [5.74, 6) is -0.284. The number of ether oxygens (including phenoxy) is 1. The van der Waals surface area contributed by atoms with Crippen LogP contribution in [0.2, 0.25) is 0 Å². The van der Waals surface area contributed by atoms with Crippen molar-refractivity contribution in [3.8, 4) is 0 Å². The van der Waals surface area contributed by atoms with Crippen molar-refractivity contribution in [2.45, 2.75) is 45.8 Å². The van der Waals surface area contributed by atoms with E-state index in [0.29, 0.717) is 6.54 Å². The predicted molar refractivity (Wildman–Crippen MR) is 105 cm³/mol. The zero-order chi connectivity index (χ0) is 20.9. The van der Waals surface area contributed by atoms with E-state index < -0.39 is 5.60 Å². The molecule has 0 fully saturated rings. The normalized spacial score (nSPS) is 15.8. The second kappa shape index (κ2) is 8.87. The first-order chi connectivity index (χ1) is 13.2. The first-order valence-electron chi connectivity index (χ1n) is 9.08. The minimum absolute atomic E-state index is 0.250. The van der Waals surface area contributed by atoms with Gasteiger partial charge in [0.05, 0.1) is 6.04 Å². The number of halogens is 1. The van der Waals surface area contributed by atoms with Gasteiger partial charge < -0.3 is 9.84 Å². The first kappa shape index (κ1) is 21.4. The fourth-order valence-corrected chi connectivity index (χ4v) is 3.26. The Bertz CT molecular complexity index is 827. The minimum Gasteiger partial charge on any atom is -0.483 e. The van der Waals surface area contributed by atoms with E-state index >= 15 is 0 Å². The smallest absolute Gasteiger partial charge is 0.411 e. The van der Waals surface area contributed by atoms with E-state index in [1.54, 1.807) is 17.0 Å². The molecule has 1 aliphatic rings. The highest BCUT2D eigenvalue weighted by Gasteiger charge is 2.34. The van der Waals surface area contributed by atoms with Crippen LogP contribution in [0, 0.1) is 12.7 Å². The molecule has 0 unspecified atom stereocenters. The van der Waals surface area contributed by atoms with Crippen molar-refractivity contribution < 1.29 is 23.8 Å². The van der Waals surface area contributed by atoms with E-state index in [-0.39, 0.29) is 24.4 Å². The van der Waals surface area contributed by atoms with Crippen LogP contribution in [0.4, 0.5) is 9.18 Å². The van der Waals surface area contributed by atoms with Crippen LogP contribution < -0.4 is 0 Å². The number of amides is 1. The number of aryl methyl sites for hydroxylation is 1. The standard InChI is InChI=1S/C21H24FNO2.CH2O2/c1-14-5-6-15-11-12-23(20(24)25-21(2,3)4)19(18(15)13-14)16-7-9-17(22)10-8-16;2-1-3/h5-10,13,19H,11-12H2,1-4H3;1H,(H,2,3)/t19-;/m0./s1. The number of rotatable bonds is 1. The van der Waals surface area contributed by atoms with Crippen molar-refractivity contribution in [2.24, 2.45) is 0 Å².